The lowest BCUT2D eigenvalue weighted by molar-refractivity contribution is -0.115. The second kappa shape index (κ2) is 7.82. The van der Waals surface area contributed by atoms with Crippen molar-refractivity contribution >= 4 is 17.6 Å². The highest BCUT2D eigenvalue weighted by molar-refractivity contribution is 6.02. The molecule has 0 radical (unpaired) electrons. The van der Waals surface area contributed by atoms with Crippen LogP contribution in [-0.4, -0.2) is 46.3 Å². The summed E-state index contributed by atoms with van der Waals surface area (Å²) < 4.78 is 15.1. The lowest BCUT2D eigenvalue weighted by Gasteiger charge is -2.14. The van der Waals surface area contributed by atoms with Crippen LogP contribution in [0.25, 0.3) is 0 Å². The van der Waals surface area contributed by atoms with Gasteiger partial charge in [0, 0.05) is 12.1 Å². The van der Waals surface area contributed by atoms with E-state index < -0.39 is 5.97 Å². The minimum atomic E-state index is -0.563. The van der Waals surface area contributed by atoms with Gasteiger partial charge in [0.1, 0.15) is 0 Å². The van der Waals surface area contributed by atoms with Crippen molar-refractivity contribution in [2.45, 2.75) is 12.8 Å². The topological polar surface area (TPSA) is 85.9 Å². The van der Waals surface area contributed by atoms with Crippen LogP contribution < -0.4 is 20.1 Å². The molecule has 0 unspecified atom stereocenters. The molecule has 23 heavy (non-hydrogen) atoms. The van der Waals surface area contributed by atoms with Gasteiger partial charge in [0.05, 0.1) is 39.1 Å². The lowest BCUT2D eigenvalue weighted by Crippen LogP contribution is -2.30. The molecule has 1 saturated carbocycles. The van der Waals surface area contributed by atoms with Gasteiger partial charge in [-0.25, -0.2) is 4.79 Å². The Balaban J connectivity index is 2.13. The summed E-state index contributed by atoms with van der Waals surface area (Å²) in [6.45, 7) is 1.02. The van der Waals surface area contributed by atoms with E-state index in [1.165, 1.54) is 40.2 Å². The number of amides is 1. The van der Waals surface area contributed by atoms with Crippen molar-refractivity contribution in [3.05, 3.63) is 17.7 Å². The quantitative estimate of drug-likeness (QED) is 0.704. The third-order valence-corrected chi connectivity index (χ3v) is 3.62. The average Bonchev–Trinajstić information content (AvgIpc) is 3.37. The molecule has 0 spiro atoms. The van der Waals surface area contributed by atoms with Crippen LogP contribution in [0, 0.1) is 5.92 Å². The van der Waals surface area contributed by atoms with Gasteiger partial charge in [0.15, 0.2) is 11.5 Å². The van der Waals surface area contributed by atoms with Crippen LogP contribution in [0.15, 0.2) is 12.1 Å². The normalized spacial score (nSPS) is 13.3. The molecule has 0 saturated heterocycles. The second-order valence-electron chi connectivity index (χ2n) is 5.37. The van der Waals surface area contributed by atoms with E-state index in [0.29, 0.717) is 23.1 Å². The van der Waals surface area contributed by atoms with Crippen LogP contribution in [0.4, 0.5) is 5.69 Å². The van der Waals surface area contributed by atoms with Gasteiger partial charge >= 0.3 is 5.97 Å². The largest absolute Gasteiger partial charge is 0.493 e. The molecule has 1 aliphatic carbocycles. The van der Waals surface area contributed by atoms with E-state index >= 15 is 0 Å². The number of anilines is 1. The number of ether oxygens (including phenoxy) is 3. The summed E-state index contributed by atoms with van der Waals surface area (Å²) >= 11 is 0. The van der Waals surface area contributed by atoms with Gasteiger partial charge < -0.3 is 24.8 Å². The fourth-order valence-electron chi connectivity index (χ4n) is 2.17. The Kier molecular flexibility index (Phi) is 5.81. The molecule has 0 atom stereocenters. The monoisotopic (exact) mass is 322 g/mol. The molecule has 0 aliphatic heterocycles. The zero-order chi connectivity index (χ0) is 16.8. The first-order valence-corrected chi connectivity index (χ1v) is 7.44. The maximum absolute atomic E-state index is 12.0. The summed E-state index contributed by atoms with van der Waals surface area (Å²) in [7, 11) is 4.24. The molecule has 1 aliphatic rings. The number of methoxy groups -OCH3 is 3. The summed E-state index contributed by atoms with van der Waals surface area (Å²) in [5, 5.41) is 5.81. The molecule has 126 valence electrons. The molecular weight excluding hydrogens is 300 g/mol. The maximum Gasteiger partial charge on any atom is 0.340 e. The molecule has 7 heteroatoms. The standard InChI is InChI=1S/C16H22N2O5/c1-21-13-6-11(16(20)23-3)12(7-14(13)22-2)18-15(19)9-17-8-10-4-5-10/h6-7,10,17H,4-5,8-9H2,1-3H3,(H,18,19). The minimum Gasteiger partial charge on any atom is -0.493 e. The molecule has 0 aromatic heterocycles. The first-order valence-electron chi connectivity index (χ1n) is 7.44. The van der Waals surface area contributed by atoms with Crippen LogP contribution >= 0.6 is 0 Å². The SMILES string of the molecule is COC(=O)c1cc(OC)c(OC)cc1NC(=O)CNCC1CC1. The van der Waals surface area contributed by atoms with Gasteiger partial charge in [-0.15, -0.1) is 0 Å². The molecule has 7 nitrogen and oxygen atoms in total. The van der Waals surface area contributed by atoms with Crippen molar-refractivity contribution in [3.63, 3.8) is 0 Å². The zero-order valence-corrected chi connectivity index (χ0v) is 13.6. The van der Waals surface area contributed by atoms with Crippen molar-refractivity contribution in [1.29, 1.82) is 0 Å². The summed E-state index contributed by atoms with van der Waals surface area (Å²) in [5.74, 6) is 0.698. The number of hydrogen-bond donors (Lipinski definition) is 2. The Labute approximate surface area is 135 Å². The predicted molar refractivity (Wildman–Crippen MR) is 85.1 cm³/mol. The Morgan fingerprint density at radius 1 is 1.13 bits per heavy atom. The van der Waals surface area contributed by atoms with Gasteiger partial charge in [-0.1, -0.05) is 0 Å². The minimum absolute atomic E-state index is 0.186. The second-order valence-corrected chi connectivity index (χ2v) is 5.37. The van der Waals surface area contributed by atoms with Gasteiger partial charge in [0.2, 0.25) is 5.91 Å². The van der Waals surface area contributed by atoms with Crippen LogP contribution in [0.5, 0.6) is 11.5 Å². The van der Waals surface area contributed by atoms with Crippen molar-refractivity contribution in [2.24, 2.45) is 5.92 Å². The van der Waals surface area contributed by atoms with E-state index in [2.05, 4.69) is 10.6 Å². The van der Waals surface area contributed by atoms with Crippen LogP contribution in [0.2, 0.25) is 0 Å². The molecular formula is C16H22N2O5. The molecule has 0 heterocycles. The van der Waals surface area contributed by atoms with Crippen LogP contribution in [0.1, 0.15) is 23.2 Å². The van der Waals surface area contributed by atoms with Crippen LogP contribution in [-0.2, 0) is 9.53 Å². The summed E-state index contributed by atoms with van der Waals surface area (Å²) in [6.07, 6.45) is 2.44. The van der Waals surface area contributed by atoms with Crippen LogP contribution in [0.3, 0.4) is 0 Å². The fourth-order valence-corrected chi connectivity index (χ4v) is 2.17. The average molecular weight is 322 g/mol. The molecule has 2 rings (SSSR count). The van der Waals surface area contributed by atoms with Crippen molar-refractivity contribution in [3.8, 4) is 11.5 Å². The van der Waals surface area contributed by atoms with Crippen molar-refractivity contribution < 1.29 is 23.8 Å². The third-order valence-electron chi connectivity index (χ3n) is 3.62. The van der Waals surface area contributed by atoms with Gasteiger partial charge in [0.25, 0.3) is 0 Å². The number of carbonyl (C=O) groups excluding carboxylic acids is 2. The Morgan fingerprint density at radius 3 is 2.35 bits per heavy atom. The van der Waals surface area contributed by atoms with Crippen molar-refractivity contribution in [1.82, 2.24) is 5.32 Å². The number of carbonyl (C=O) groups is 2. The third kappa shape index (κ3) is 4.59. The van der Waals surface area contributed by atoms with Gasteiger partial charge in [-0.05, 0) is 25.3 Å². The molecule has 1 fully saturated rings. The Morgan fingerprint density at radius 2 is 1.78 bits per heavy atom. The molecule has 1 aromatic carbocycles. The van der Waals surface area contributed by atoms with E-state index in [-0.39, 0.29) is 18.0 Å². The molecule has 1 aromatic rings. The van der Waals surface area contributed by atoms with Gasteiger partial charge in [-0.3, -0.25) is 4.79 Å². The van der Waals surface area contributed by atoms with Crippen molar-refractivity contribution in [2.75, 3.05) is 39.7 Å². The van der Waals surface area contributed by atoms with E-state index in [4.69, 9.17) is 14.2 Å². The Hall–Kier alpha value is -2.28. The summed E-state index contributed by atoms with van der Waals surface area (Å²) in [4.78, 5) is 23.9. The number of esters is 1. The predicted octanol–water partition coefficient (Wildman–Crippen LogP) is 1.43. The number of rotatable bonds is 8. The summed E-state index contributed by atoms with van der Waals surface area (Å²) in [6, 6.07) is 3.03. The summed E-state index contributed by atoms with van der Waals surface area (Å²) in [5.41, 5.74) is 0.536. The molecule has 2 N–H and O–H groups in total. The smallest absolute Gasteiger partial charge is 0.340 e. The first kappa shape index (κ1) is 17.1. The number of nitrogens with one attached hydrogen (secondary N) is 2. The van der Waals surface area contributed by atoms with E-state index in [0.717, 1.165) is 6.54 Å². The number of hydrogen-bond acceptors (Lipinski definition) is 6. The highest BCUT2D eigenvalue weighted by atomic mass is 16.5. The highest BCUT2D eigenvalue weighted by Gasteiger charge is 2.21. The lowest BCUT2D eigenvalue weighted by atomic mass is 10.1. The Bertz CT molecular complexity index is 584. The zero-order valence-electron chi connectivity index (χ0n) is 13.6. The first-order chi connectivity index (χ1) is 11.1. The van der Waals surface area contributed by atoms with E-state index in [1.807, 2.05) is 0 Å². The maximum atomic E-state index is 12.0. The molecule has 1 amide bonds. The van der Waals surface area contributed by atoms with Gasteiger partial charge in [-0.2, -0.15) is 0 Å². The number of benzene rings is 1. The fraction of sp³-hybridized carbons (Fsp3) is 0.500. The highest BCUT2D eigenvalue weighted by Crippen LogP contribution is 2.33. The van der Waals surface area contributed by atoms with E-state index in [1.54, 1.807) is 6.07 Å². The van der Waals surface area contributed by atoms with E-state index in [9.17, 15) is 9.59 Å². The molecule has 0 bridgehead atoms.